The maximum absolute atomic E-state index is 13.7. The normalized spacial score (nSPS) is 12.2. The average molecular weight is 581 g/mol. The lowest BCUT2D eigenvalue weighted by Gasteiger charge is -2.33. The Morgan fingerprint density at radius 1 is 1.06 bits per heavy atom. The van der Waals surface area contributed by atoms with E-state index in [1.165, 1.54) is 11.0 Å². The molecule has 0 saturated carbocycles. The van der Waals surface area contributed by atoms with Gasteiger partial charge in [0, 0.05) is 28.7 Å². The highest BCUT2D eigenvalue weighted by molar-refractivity contribution is 7.92. The molecule has 2 aromatic carbocycles. The second-order valence-electron chi connectivity index (χ2n) is 8.16. The Morgan fingerprint density at radius 2 is 1.69 bits per heavy atom. The van der Waals surface area contributed by atoms with Crippen LogP contribution in [0.25, 0.3) is 0 Å². The number of carbonyl (C=O) groups excluding carboxylic acids is 2. The molecule has 198 valence electrons. The Kier molecular flexibility index (Phi) is 11.3. The van der Waals surface area contributed by atoms with Crippen molar-refractivity contribution in [1.82, 2.24) is 10.2 Å². The standard InChI is InChI=1S/C24H29Cl3FN3O4S/c1-4-6-12-29-24(33)22(5-2)30(14-17-18(25)8-7-9-19(17)26)23(32)15-31(36(3,34)35)16-10-11-21(28)20(27)13-16/h7-11,13,22H,4-6,12,14-15H2,1-3H3,(H,29,33)/t22-/m1/s1. The van der Waals surface area contributed by atoms with E-state index in [0.29, 0.717) is 22.2 Å². The highest BCUT2D eigenvalue weighted by Crippen LogP contribution is 2.28. The number of benzene rings is 2. The van der Waals surface area contributed by atoms with Crippen LogP contribution in [0.3, 0.4) is 0 Å². The number of amides is 2. The number of anilines is 1. The van der Waals surface area contributed by atoms with Gasteiger partial charge in [-0.1, -0.05) is 61.1 Å². The number of rotatable bonds is 12. The summed E-state index contributed by atoms with van der Waals surface area (Å²) >= 11 is 18.5. The van der Waals surface area contributed by atoms with Gasteiger partial charge >= 0.3 is 0 Å². The van der Waals surface area contributed by atoms with Gasteiger partial charge in [0.05, 0.1) is 17.0 Å². The minimum absolute atomic E-state index is 0.00780. The summed E-state index contributed by atoms with van der Waals surface area (Å²) in [7, 11) is -3.98. The zero-order chi connectivity index (χ0) is 27.0. The summed E-state index contributed by atoms with van der Waals surface area (Å²) in [5.41, 5.74) is 0.429. The quantitative estimate of drug-likeness (QED) is 0.346. The van der Waals surface area contributed by atoms with Crippen molar-refractivity contribution in [3.05, 3.63) is 62.8 Å². The zero-order valence-electron chi connectivity index (χ0n) is 20.2. The van der Waals surface area contributed by atoms with Gasteiger partial charge in [0.2, 0.25) is 21.8 Å². The maximum Gasteiger partial charge on any atom is 0.244 e. The Labute approximate surface area is 226 Å². The van der Waals surface area contributed by atoms with E-state index in [9.17, 15) is 22.4 Å². The van der Waals surface area contributed by atoms with Crippen molar-refractivity contribution in [3.63, 3.8) is 0 Å². The number of nitrogens with zero attached hydrogens (tertiary/aromatic N) is 2. The van der Waals surface area contributed by atoms with Crippen molar-refractivity contribution in [2.45, 2.75) is 45.7 Å². The molecule has 0 unspecified atom stereocenters. The monoisotopic (exact) mass is 579 g/mol. The Morgan fingerprint density at radius 3 is 2.22 bits per heavy atom. The van der Waals surface area contributed by atoms with E-state index in [2.05, 4.69) is 5.32 Å². The molecule has 0 saturated heterocycles. The van der Waals surface area contributed by atoms with Crippen molar-refractivity contribution in [2.75, 3.05) is 23.7 Å². The number of sulfonamides is 1. The lowest BCUT2D eigenvalue weighted by molar-refractivity contribution is -0.140. The number of hydrogen-bond donors (Lipinski definition) is 1. The molecule has 0 heterocycles. The molecule has 0 aliphatic heterocycles. The smallest absolute Gasteiger partial charge is 0.244 e. The fraction of sp³-hybridized carbons (Fsp3) is 0.417. The molecular formula is C24H29Cl3FN3O4S. The van der Waals surface area contributed by atoms with Crippen LogP contribution >= 0.6 is 34.8 Å². The van der Waals surface area contributed by atoms with Gasteiger partial charge in [-0.05, 0) is 43.2 Å². The molecule has 2 amide bonds. The summed E-state index contributed by atoms with van der Waals surface area (Å²) in [6.45, 7) is 3.39. The van der Waals surface area contributed by atoms with Gasteiger partial charge in [-0.25, -0.2) is 12.8 Å². The fourth-order valence-electron chi connectivity index (χ4n) is 3.53. The summed E-state index contributed by atoms with van der Waals surface area (Å²) in [6, 6.07) is 7.29. The van der Waals surface area contributed by atoms with Crippen LogP contribution in [0.15, 0.2) is 36.4 Å². The van der Waals surface area contributed by atoms with Gasteiger partial charge in [0.25, 0.3) is 0 Å². The molecule has 12 heteroatoms. The van der Waals surface area contributed by atoms with Crippen molar-refractivity contribution in [3.8, 4) is 0 Å². The topological polar surface area (TPSA) is 86.8 Å². The molecule has 0 fully saturated rings. The van der Waals surface area contributed by atoms with Crippen LogP contribution in [-0.4, -0.2) is 50.5 Å². The third-order valence-corrected chi connectivity index (χ3v) is 7.61. The first-order valence-electron chi connectivity index (χ1n) is 11.3. The van der Waals surface area contributed by atoms with E-state index >= 15 is 0 Å². The second kappa shape index (κ2) is 13.5. The van der Waals surface area contributed by atoms with Crippen LogP contribution in [0.1, 0.15) is 38.7 Å². The molecule has 0 spiro atoms. The third kappa shape index (κ3) is 7.96. The number of hydrogen-bond acceptors (Lipinski definition) is 4. The number of unbranched alkanes of at least 4 members (excludes halogenated alkanes) is 1. The molecule has 2 rings (SSSR count). The molecule has 0 bridgehead atoms. The molecule has 2 aromatic rings. The summed E-state index contributed by atoms with van der Waals surface area (Å²) in [4.78, 5) is 27.9. The van der Waals surface area contributed by atoms with Crippen LogP contribution in [0.2, 0.25) is 15.1 Å². The predicted molar refractivity (Wildman–Crippen MR) is 143 cm³/mol. The van der Waals surface area contributed by atoms with Crippen molar-refractivity contribution in [2.24, 2.45) is 0 Å². The van der Waals surface area contributed by atoms with E-state index in [-0.39, 0.29) is 29.6 Å². The predicted octanol–water partition coefficient (Wildman–Crippen LogP) is 5.28. The van der Waals surface area contributed by atoms with Gasteiger partial charge in [-0.15, -0.1) is 0 Å². The van der Waals surface area contributed by atoms with Crippen molar-refractivity contribution < 1.29 is 22.4 Å². The second-order valence-corrected chi connectivity index (χ2v) is 11.3. The van der Waals surface area contributed by atoms with Crippen molar-refractivity contribution in [1.29, 1.82) is 0 Å². The average Bonchev–Trinajstić information content (AvgIpc) is 2.80. The molecule has 0 aliphatic rings. The van der Waals surface area contributed by atoms with Crippen LogP contribution in [0.4, 0.5) is 10.1 Å². The van der Waals surface area contributed by atoms with Gasteiger partial charge in [-0.3, -0.25) is 13.9 Å². The molecule has 0 aromatic heterocycles. The molecular weight excluding hydrogens is 552 g/mol. The highest BCUT2D eigenvalue weighted by Gasteiger charge is 2.32. The molecule has 1 N–H and O–H groups in total. The van der Waals surface area contributed by atoms with Crippen LogP contribution in [-0.2, 0) is 26.2 Å². The molecule has 36 heavy (non-hydrogen) atoms. The van der Waals surface area contributed by atoms with Crippen molar-refractivity contribution >= 4 is 62.3 Å². The first-order valence-corrected chi connectivity index (χ1v) is 14.3. The first-order chi connectivity index (χ1) is 16.9. The van der Waals surface area contributed by atoms with Crippen LogP contribution < -0.4 is 9.62 Å². The fourth-order valence-corrected chi connectivity index (χ4v) is 5.07. The van der Waals surface area contributed by atoms with Gasteiger partial charge < -0.3 is 10.2 Å². The summed E-state index contributed by atoms with van der Waals surface area (Å²) < 4.78 is 39.7. The molecule has 1 atom stereocenters. The highest BCUT2D eigenvalue weighted by atomic mass is 35.5. The first kappa shape index (κ1) is 30.2. The molecule has 0 aliphatic carbocycles. The van der Waals surface area contributed by atoms with Gasteiger partial charge in [0.1, 0.15) is 18.4 Å². The molecule has 0 radical (unpaired) electrons. The Hall–Kier alpha value is -2.07. The lowest BCUT2D eigenvalue weighted by Crippen LogP contribution is -2.52. The van der Waals surface area contributed by atoms with Gasteiger partial charge in [-0.2, -0.15) is 0 Å². The number of nitrogens with one attached hydrogen (secondary N) is 1. The van der Waals surface area contributed by atoms with E-state index in [1.54, 1.807) is 25.1 Å². The minimum atomic E-state index is -3.98. The molecule has 7 nitrogen and oxygen atoms in total. The number of carbonyl (C=O) groups is 2. The lowest BCUT2D eigenvalue weighted by atomic mass is 10.1. The van der Waals surface area contributed by atoms with E-state index < -0.39 is 34.3 Å². The summed E-state index contributed by atoms with van der Waals surface area (Å²) in [5.74, 6) is -1.78. The zero-order valence-corrected chi connectivity index (χ0v) is 23.3. The van der Waals surface area contributed by atoms with Gasteiger partial charge in [0.15, 0.2) is 0 Å². The summed E-state index contributed by atoms with van der Waals surface area (Å²) in [5, 5.41) is 3.12. The Bertz CT molecular complexity index is 1180. The van der Waals surface area contributed by atoms with E-state index in [1.807, 2.05) is 6.92 Å². The largest absolute Gasteiger partial charge is 0.354 e. The third-order valence-electron chi connectivity index (χ3n) is 5.48. The summed E-state index contributed by atoms with van der Waals surface area (Å²) in [6.07, 6.45) is 2.81. The minimum Gasteiger partial charge on any atom is -0.354 e. The number of halogens is 4. The SMILES string of the molecule is CCCCNC(=O)[C@@H](CC)N(Cc1c(Cl)cccc1Cl)C(=O)CN(c1ccc(F)c(Cl)c1)S(C)(=O)=O. The Balaban J connectivity index is 2.48. The van der Waals surface area contributed by atoms with E-state index in [0.717, 1.165) is 35.5 Å². The van der Waals surface area contributed by atoms with E-state index in [4.69, 9.17) is 34.8 Å². The maximum atomic E-state index is 13.7. The van der Waals surface area contributed by atoms with Crippen LogP contribution in [0, 0.1) is 5.82 Å². The van der Waals surface area contributed by atoms with Crippen LogP contribution in [0.5, 0.6) is 0 Å².